The molecule has 1 rings (SSSR count). The van der Waals surface area contributed by atoms with Crippen molar-refractivity contribution in [3.8, 4) is 0 Å². The molecule has 1 N–H and O–H groups in total. The first-order valence-corrected chi connectivity index (χ1v) is 5.15. The molecule has 0 amide bonds. The molecule has 0 aromatic rings. The Morgan fingerprint density at radius 1 is 1.46 bits per heavy atom. The summed E-state index contributed by atoms with van der Waals surface area (Å²) >= 11 is 0. The SMILES string of the molecule is CCCOCC(=O)C1CCNCC1. The molecule has 76 valence electrons. The Hall–Kier alpha value is -0.410. The smallest absolute Gasteiger partial charge is 0.161 e. The normalized spacial score (nSPS) is 18.8. The quantitative estimate of drug-likeness (QED) is 0.649. The molecule has 0 aromatic heterocycles. The van der Waals surface area contributed by atoms with Gasteiger partial charge in [-0.1, -0.05) is 6.92 Å². The molecule has 0 unspecified atom stereocenters. The molecule has 3 nitrogen and oxygen atoms in total. The van der Waals surface area contributed by atoms with Crippen LogP contribution in [0.5, 0.6) is 0 Å². The number of hydrogen-bond donors (Lipinski definition) is 1. The summed E-state index contributed by atoms with van der Waals surface area (Å²) in [6.07, 6.45) is 2.95. The first kappa shape index (κ1) is 10.7. The molecule has 0 aliphatic carbocycles. The van der Waals surface area contributed by atoms with Crippen molar-refractivity contribution >= 4 is 5.78 Å². The van der Waals surface area contributed by atoms with Crippen molar-refractivity contribution in [2.75, 3.05) is 26.3 Å². The topological polar surface area (TPSA) is 38.3 Å². The highest BCUT2D eigenvalue weighted by molar-refractivity contribution is 5.82. The maximum atomic E-state index is 11.5. The van der Waals surface area contributed by atoms with Gasteiger partial charge in [0.15, 0.2) is 5.78 Å². The second kappa shape index (κ2) is 6.11. The van der Waals surface area contributed by atoms with Gasteiger partial charge in [0, 0.05) is 12.5 Å². The second-order valence-corrected chi connectivity index (χ2v) is 3.54. The molecule has 0 spiro atoms. The Morgan fingerprint density at radius 2 is 2.15 bits per heavy atom. The van der Waals surface area contributed by atoms with Crippen LogP contribution in [-0.4, -0.2) is 32.1 Å². The number of rotatable bonds is 5. The number of carbonyl (C=O) groups is 1. The number of hydrogen-bond acceptors (Lipinski definition) is 3. The van der Waals surface area contributed by atoms with Crippen molar-refractivity contribution < 1.29 is 9.53 Å². The van der Waals surface area contributed by atoms with Crippen LogP contribution < -0.4 is 5.32 Å². The minimum atomic E-state index is 0.248. The first-order valence-electron chi connectivity index (χ1n) is 5.15. The maximum Gasteiger partial charge on any atom is 0.161 e. The second-order valence-electron chi connectivity index (χ2n) is 3.54. The zero-order valence-electron chi connectivity index (χ0n) is 8.34. The average molecular weight is 185 g/mol. The van der Waals surface area contributed by atoms with E-state index in [2.05, 4.69) is 12.2 Å². The van der Waals surface area contributed by atoms with E-state index in [1.807, 2.05) is 0 Å². The highest BCUT2D eigenvalue weighted by Crippen LogP contribution is 2.12. The van der Waals surface area contributed by atoms with Gasteiger partial charge in [0.05, 0.1) is 0 Å². The van der Waals surface area contributed by atoms with Gasteiger partial charge in [-0.05, 0) is 32.4 Å². The lowest BCUT2D eigenvalue weighted by molar-refractivity contribution is -0.128. The summed E-state index contributed by atoms with van der Waals surface area (Å²) in [4.78, 5) is 11.5. The predicted molar refractivity (Wildman–Crippen MR) is 51.7 cm³/mol. The van der Waals surface area contributed by atoms with E-state index in [-0.39, 0.29) is 11.7 Å². The van der Waals surface area contributed by atoms with Gasteiger partial charge in [-0.25, -0.2) is 0 Å². The lowest BCUT2D eigenvalue weighted by atomic mass is 9.94. The molecule has 1 heterocycles. The minimum absolute atomic E-state index is 0.248. The molecule has 1 aliphatic rings. The zero-order chi connectivity index (χ0) is 9.52. The van der Waals surface area contributed by atoms with Crippen molar-refractivity contribution in [3.05, 3.63) is 0 Å². The standard InChI is InChI=1S/C10H19NO2/c1-2-7-13-8-10(12)9-3-5-11-6-4-9/h9,11H,2-8H2,1H3. The number of Topliss-reactive ketones (excluding diaryl/α,β-unsaturated/α-hetero) is 1. The monoisotopic (exact) mass is 185 g/mol. The van der Waals surface area contributed by atoms with Crippen LogP contribution in [0.4, 0.5) is 0 Å². The summed E-state index contributed by atoms with van der Waals surface area (Å²) < 4.78 is 5.23. The summed E-state index contributed by atoms with van der Waals surface area (Å²) in [5.41, 5.74) is 0. The molecule has 0 aromatic carbocycles. The molecular weight excluding hydrogens is 166 g/mol. The lowest BCUT2D eigenvalue weighted by Crippen LogP contribution is -2.33. The van der Waals surface area contributed by atoms with Crippen molar-refractivity contribution in [1.82, 2.24) is 5.32 Å². The molecule has 1 saturated heterocycles. The Morgan fingerprint density at radius 3 is 2.77 bits per heavy atom. The van der Waals surface area contributed by atoms with Gasteiger partial charge in [0.2, 0.25) is 0 Å². The largest absolute Gasteiger partial charge is 0.374 e. The Bertz CT molecular complexity index is 153. The van der Waals surface area contributed by atoms with E-state index in [0.717, 1.165) is 32.4 Å². The minimum Gasteiger partial charge on any atom is -0.374 e. The van der Waals surface area contributed by atoms with Crippen LogP contribution in [0.2, 0.25) is 0 Å². The zero-order valence-corrected chi connectivity index (χ0v) is 8.34. The van der Waals surface area contributed by atoms with E-state index in [1.165, 1.54) is 0 Å². The Labute approximate surface area is 79.8 Å². The molecule has 0 radical (unpaired) electrons. The third kappa shape index (κ3) is 3.87. The van der Waals surface area contributed by atoms with E-state index < -0.39 is 0 Å². The molecule has 1 fully saturated rings. The van der Waals surface area contributed by atoms with Crippen LogP contribution >= 0.6 is 0 Å². The Kier molecular flexibility index (Phi) is 5.01. The summed E-state index contributed by atoms with van der Waals surface area (Å²) in [5.74, 6) is 0.535. The van der Waals surface area contributed by atoms with Crippen LogP contribution in [0.1, 0.15) is 26.2 Å². The van der Waals surface area contributed by atoms with Crippen molar-refractivity contribution in [1.29, 1.82) is 0 Å². The van der Waals surface area contributed by atoms with Gasteiger partial charge < -0.3 is 10.1 Å². The third-order valence-electron chi connectivity index (χ3n) is 2.39. The van der Waals surface area contributed by atoms with E-state index in [0.29, 0.717) is 13.2 Å². The van der Waals surface area contributed by atoms with E-state index >= 15 is 0 Å². The fourth-order valence-electron chi connectivity index (χ4n) is 1.58. The number of carbonyl (C=O) groups excluding carboxylic acids is 1. The number of ether oxygens (including phenoxy) is 1. The fraction of sp³-hybridized carbons (Fsp3) is 0.900. The summed E-state index contributed by atoms with van der Waals surface area (Å²) in [7, 11) is 0. The molecule has 3 heteroatoms. The molecule has 13 heavy (non-hydrogen) atoms. The van der Waals surface area contributed by atoms with Gasteiger partial charge in [-0.15, -0.1) is 0 Å². The van der Waals surface area contributed by atoms with Crippen molar-refractivity contribution in [3.63, 3.8) is 0 Å². The van der Waals surface area contributed by atoms with Gasteiger partial charge in [-0.2, -0.15) is 0 Å². The first-order chi connectivity index (χ1) is 6.34. The van der Waals surface area contributed by atoms with Crippen LogP contribution in [0.15, 0.2) is 0 Å². The van der Waals surface area contributed by atoms with Gasteiger partial charge in [0.1, 0.15) is 6.61 Å². The lowest BCUT2D eigenvalue weighted by Gasteiger charge is -2.21. The fourth-order valence-corrected chi connectivity index (χ4v) is 1.58. The van der Waals surface area contributed by atoms with E-state index in [9.17, 15) is 4.79 Å². The predicted octanol–water partition coefficient (Wildman–Crippen LogP) is 0.982. The number of ketones is 1. The molecular formula is C10H19NO2. The van der Waals surface area contributed by atoms with Crippen molar-refractivity contribution in [2.45, 2.75) is 26.2 Å². The van der Waals surface area contributed by atoms with Crippen LogP contribution in [-0.2, 0) is 9.53 Å². The van der Waals surface area contributed by atoms with Gasteiger partial charge >= 0.3 is 0 Å². The molecule has 0 atom stereocenters. The van der Waals surface area contributed by atoms with Gasteiger partial charge in [0.25, 0.3) is 0 Å². The summed E-state index contributed by atoms with van der Waals surface area (Å²) in [5, 5.41) is 3.24. The average Bonchev–Trinajstić information content (AvgIpc) is 2.19. The Balaban J connectivity index is 2.13. The number of nitrogens with one attached hydrogen (secondary N) is 1. The molecule has 0 saturated carbocycles. The highest BCUT2D eigenvalue weighted by atomic mass is 16.5. The van der Waals surface area contributed by atoms with Crippen LogP contribution in [0, 0.1) is 5.92 Å². The van der Waals surface area contributed by atoms with Crippen LogP contribution in [0.25, 0.3) is 0 Å². The van der Waals surface area contributed by atoms with E-state index in [4.69, 9.17) is 4.74 Å². The van der Waals surface area contributed by atoms with Crippen LogP contribution in [0.3, 0.4) is 0 Å². The third-order valence-corrected chi connectivity index (χ3v) is 2.39. The molecule has 1 aliphatic heterocycles. The summed E-state index contributed by atoms with van der Waals surface area (Å²) in [6, 6.07) is 0. The van der Waals surface area contributed by atoms with Gasteiger partial charge in [-0.3, -0.25) is 4.79 Å². The maximum absolute atomic E-state index is 11.5. The van der Waals surface area contributed by atoms with Crippen molar-refractivity contribution in [2.24, 2.45) is 5.92 Å². The number of piperidine rings is 1. The van der Waals surface area contributed by atoms with E-state index in [1.54, 1.807) is 0 Å². The highest BCUT2D eigenvalue weighted by Gasteiger charge is 2.20. The molecule has 0 bridgehead atoms. The summed E-state index contributed by atoms with van der Waals surface area (Å²) in [6.45, 7) is 5.03.